The van der Waals surface area contributed by atoms with Gasteiger partial charge in [-0.05, 0) is 39.9 Å². The van der Waals surface area contributed by atoms with Gasteiger partial charge in [0.1, 0.15) is 11.6 Å². The van der Waals surface area contributed by atoms with Gasteiger partial charge in [-0.25, -0.2) is 9.97 Å². The molecule has 2 aromatic heterocycles. The van der Waals surface area contributed by atoms with Crippen LogP contribution in [0.1, 0.15) is 45.3 Å². The highest BCUT2D eigenvalue weighted by molar-refractivity contribution is 6.04. The molecular weight excluding hydrogens is 380 g/mol. The zero-order valence-corrected chi connectivity index (χ0v) is 18.5. The van der Waals surface area contributed by atoms with Crippen LogP contribution in [0.15, 0.2) is 60.8 Å². The van der Waals surface area contributed by atoms with Crippen LogP contribution < -0.4 is 0 Å². The monoisotopic (exact) mass is 408 g/mol. The smallest absolute Gasteiger partial charge is 0.109 e. The van der Waals surface area contributed by atoms with Crippen molar-refractivity contribution in [2.24, 2.45) is 5.92 Å². The first-order valence-electron chi connectivity index (χ1n) is 11.1. The van der Waals surface area contributed by atoms with Crippen LogP contribution in [0.4, 0.5) is 0 Å². The van der Waals surface area contributed by atoms with Crippen molar-refractivity contribution in [1.29, 1.82) is 0 Å². The zero-order chi connectivity index (χ0) is 21.5. The molecule has 1 atom stereocenters. The van der Waals surface area contributed by atoms with E-state index in [-0.39, 0.29) is 0 Å². The van der Waals surface area contributed by atoms with E-state index in [0.717, 1.165) is 34.8 Å². The van der Waals surface area contributed by atoms with Gasteiger partial charge < -0.3 is 9.97 Å². The van der Waals surface area contributed by atoms with Crippen molar-refractivity contribution in [3.8, 4) is 22.4 Å². The van der Waals surface area contributed by atoms with Crippen molar-refractivity contribution < 1.29 is 0 Å². The molecule has 0 radical (unpaired) electrons. The fraction of sp³-hybridized carbons (Fsp3) is 0.259. The number of nitrogens with one attached hydrogen (secondary N) is 2. The van der Waals surface area contributed by atoms with Crippen molar-refractivity contribution in [2.45, 2.75) is 40.0 Å². The second-order valence-corrected chi connectivity index (χ2v) is 8.69. The Bertz CT molecular complexity index is 1370. The van der Waals surface area contributed by atoms with E-state index in [1.165, 1.54) is 27.5 Å². The van der Waals surface area contributed by atoms with Crippen LogP contribution in [0.2, 0.25) is 0 Å². The van der Waals surface area contributed by atoms with Crippen LogP contribution >= 0.6 is 0 Å². The van der Waals surface area contributed by atoms with E-state index < -0.39 is 0 Å². The Morgan fingerprint density at radius 1 is 0.871 bits per heavy atom. The zero-order valence-electron chi connectivity index (χ0n) is 18.5. The van der Waals surface area contributed by atoms with Crippen molar-refractivity contribution in [1.82, 2.24) is 19.9 Å². The van der Waals surface area contributed by atoms with E-state index in [1.54, 1.807) is 0 Å². The first kappa shape index (κ1) is 19.6. The lowest BCUT2D eigenvalue weighted by atomic mass is 9.94. The van der Waals surface area contributed by atoms with Gasteiger partial charge in [0.15, 0.2) is 0 Å². The maximum atomic E-state index is 4.68. The van der Waals surface area contributed by atoms with Crippen molar-refractivity contribution >= 4 is 21.8 Å². The predicted octanol–water partition coefficient (Wildman–Crippen LogP) is 7.10. The molecule has 31 heavy (non-hydrogen) atoms. The minimum absolute atomic E-state index is 0.397. The second-order valence-electron chi connectivity index (χ2n) is 8.69. The van der Waals surface area contributed by atoms with Crippen LogP contribution in [-0.4, -0.2) is 19.9 Å². The molecule has 0 aliphatic carbocycles. The van der Waals surface area contributed by atoms with Gasteiger partial charge in [0.25, 0.3) is 0 Å². The number of aromatic amines is 2. The molecule has 0 amide bonds. The number of fused-ring (bicyclic) bond motifs is 2. The molecule has 3 aromatic carbocycles. The molecule has 2 N–H and O–H groups in total. The first-order chi connectivity index (χ1) is 15.0. The average Bonchev–Trinajstić information content (AvgIpc) is 3.44. The lowest BCUT2D eigenvalue weighted by Crippen LogP contribution is -2.03. The molecule has 4 heteroatoms. The molecule has 2 heterocycles. The summed E-state index contributed by atoms with van der Waals surface area (Å²) in [6.07, 6.45) is 2.88. The van der Waals surface area contributed by atoms with E-state index in [0.29, 0.717) is 11.8 Å². The van der Waals surface area contributed by atoms with Crippen molar-refractivity contribution in [2.75, 3.05) is 0 Å². The maximum absolute atomic E-state index is 4.68. The molecular formula is C27H28N4. The third kappa shape index (κ3) is 3.42. The summed E-state index contributed by atoms with van der Waals surface area (Å²) in [4.78, 5) is 16.3. The number of aryl methyl sites for hydroxylation is 1. The number of imidazole rings is 2. The first-order valence-corrected chi connectivity index (χ1v) is 11.1. The van der Waals surface area contributed by atoms with Gasteiger partial charge in [0.2, 0.25) is 0 Å². The number of aromatic nitrogens is 4. The summed E-state index contributed by atoms with van der Waals surface area (Å²) in [6.45, 7) is 8.81. The van der Waals surface area contributed by atoms with Gasteiger partial charge >= 0.3 is 0 Å². The van der Waals surface area contributed by atoms with Gasteiger partial charge in [0.05, 0.1) is 22.9 Å². The van der Waals surface area contributed by atoms with Crippen LogP contribution in [0.3, 0.4) is 0 Å². The molecule has 4 nitrogen and oxygen atoms in total. The van der Waals surface area contributed by atoms with Crippen LogP contribution in [0, 0.1) is 5.92 Å². The molecule has 0 saturated heterocycles. The fourth-order valence-corrected chi connectivity index (χ4v) is 4.21. The van der Waals surface area contributed by atoms with E-state index >= 15 is 0 Å². The van der Waals surface area contributed by atoms with Gasteiger partial charge in [-0.3, -0.25) is 0 Å². The summed E-state index contributed by atoms with van der Waals surface area (Å²) in [6, 6.07) is 19.5. The summed E-state index contributed by atoms with van der Waals surface area (Å²) < 4.78 is 0. The van der Waals surface area contributed by atoms with Crippen LogP contribution in [-0.2, 0) is 6.42 Å². The molecule has 1 unspecified atom stereocenters. The number of rotatable bonds is 5. The number of H-pyrrole nitrogens is 2. The lowest BCUT2D eigenvalue weighted by molar-refractivity contribution is 0.514. The highest BCUT2D eigenvalue weighted by atomic mass is 14.9. The Morgan fingerprint density at radius 2 is 1.61 bits per heavy atom. The largest absolute Gasteiger partial charge is 0.342 e. The Hall–Kier alpha value is -3.40. The Balaban J connectivity index is 1.63. The fourth-order valence-electron chi connectivity index (χ4n) is 4.21. The highest BCUT2D eigenvalue weighted by Gasteiger charge is 2.16. The topological polar surface area (TPSA) is 57.4 Å². The summed E-state index contributed by atoms with van der Waals surface area (Å²) >= 11 is 0. The van der Waals surface area contributed by atoms with Gasteiger partial charge in [0, 0.05) is 17.9 Å². The molecule has 0 aliphatic rings. The minimum Gasteiger partial charge on any atom is -0.342 e. The number of benzene rings is 3. The number of nitrogens with zero attached hydrogens (tertiary/aromatic N) is 2. The summed E-state index contributed by atoms with van der Waals surface area (Å²) in [5.41, 5.74) is 6.78. The van der Waals surface area contributed by atoms with Gasteiger partial charge in [-0.1, -0.05) is 70.2 Å². The minimum atomic E-state index is 0.397. The molecule has 0 spiro atoms. The third-order valence-electron chi connectivity index (χ3n) is 6.42. The molecule has 0 aliphatic heterocycles. The quantitative estimate of drug-likeness (QED) is 0.326. The molecule has 0 fully saturated rings. The molecule has 0 bridgehead atoms. The number of hydrogen-bond acceptors (Lipinski definition) is 2. The van der Waals surface area contributed by atoms with Crippen molar-refractivity contribution in [3.05, 3.63) is 72.4 Å². The SMILES string of the molecule is CCc1nc2ccc(-c3cccc4c(-c5cnc(C(C)C(C)C)[nH]5)cccc34)cc2[nH]1. The Morgan fingerprint density at radius 3 is 2.35 bits per heavy atom. The second kappa shape index (κ2) is 7.69. The predicted molar refractivity (Wildman–Crippen MR) is 129 cm³/mol. The summed E-state index contributed by atoms with van der Waals surface area (Å²) in [5.74, 6) is 3.02. The van der Waals surface area contributed by atoms with E-state index in [9.17, 15) is 0 Å². The molecule has 0 saturated carbocycles. The molecule has 5 rings (SSSR count). The highest BCUT2D eigenvalue weighted by Crippen LogP contribution is 2.35. The average molecular weight is 409 g/mol. The van der Waals surface area contributed by atoms with E-state index in [4.69, 9.17) is 0 Å². The summed E-state index contributed by atoms with van der Waals surface area (Å²) in [5, 5.41) is 2.47. The Kier molecular flexibility index (Phi) is 4.85. The van der Waals surface area contributed by atoms with Gasteiger partial charge in [-0.2, -0.15) is 0 Å². The maximum Gasteiger partial charge on any atom is 0.109 e. The third-order valence-corrected chi connectivity index (χ3v) is 6.42. The Labute approximate surface area is 182 Å². The normalized spacial score (nSPS) is 12.8. The number of hydrogen-bond donors (Lipinski definition) is 2. The van der Waals surface area contributed by atoms with Crippen LogP contribution in [0.25, 0.3) is 44.2 Å². The van der Waals surface area contributed by atoms with Crippen molar-refractivity contribution in [3.63, 3.8) is 0 Å². The molecule has 5 aromatic rings. The molecule has 156 valence electrons. The van der Waals surface area contributed by atoms with E-state index in [2.05, 4.69) is 102 Å². The van der Waals surface area contributed by atoms with E-state index in [1.807, 2.05) is 6.20 Å². The lowest BCUT2D eigenvalue weighted by Gasteiger charge is -2.12. The summed E-state index contributed by atoms with van der Waals surface area (Å²) in [7, 11) is 0. The van der Waals surface area contributed by atoms with Crippen LogP contribution in [0.5, 0.6) is 0 Å². The van der Waals surface area contributed by atoms with Gasteiger partial charge in [-0.15, -0.1) is 0 Å². The standard InChI is InChI=1S/C27H28N4/c1-5-26-29-23-13-12-18(14-24(23)30-26)19-8-6-10-21-20(19)9-7-11-22(21)25-15-28-27(31-25)17(4)16(2)3/h6-17H,5H2,1-4H3,(H,28,31)(H,29,30).